The highest BCUT2D eigenvalue weighted by Crippen LogP contribution is 2.23. The number of carbonyl (C=O) groups excluding carboxylic acids is 1. The summed E-state index contributed by atoms with van der Waals surface area (Å²) in [5, 5.41) is 0. The first-order valence-electron chi connectivity index (χ1n) is 6.37. The maximum absolute atomic E-state index is 11.6. The van der Waals surface area contributed by atoms with Crippen molar-refractivity contribution in [1.82, 2.24) is 9.97 Å². The molecule has 0 spiro atoms. The van der Waals surface area contributed by atoms with Crippen LogP contribution >= 0.6 is 0 Å². The molecule has 1 heterocycles. The van der Waals surface area contributed by atoms with Gasteiger partial charge in [0.1, 0.15) is 11.9 Å². The Morgan fingerprint density at radius 2 is 2.22 bits per heavy atom. The lowest BCUT2D eigenvalue weighted by Gasteiger charge is -2.15. The molecule has 1 aromatic rings. The molecule has 0 fully saturated rings. The summed E-state index contributed by atoms with van der Waals surface area (Å²) in [5.74, 6) is 0.893. The Hall–Kier alpha value is -1.58. The zero-order valence-electron chi connectivity index (χ0n) is 11.6. The molecular formula is C14H22N2O2. The fourth-order valence-corrected chi connectivity index (χ4v) is 1.58. The van der Waals surface area contributed by atoms with Gasteiger partial charge in [-0.1, -0.05) is 33.8 Å². The van der Waals surface area contributed by atoms with Crippen LogP contribution in [0.3, 0.4) is 0 Å². The van der Waals surface area contributed by atoms with Crippen molar-refractivity contribution in [2.24, 2.45) is 0 Å². The summed E-state index contributed by atoms with van der Waals surface area (Å²) in [6.45, 7) is 11.4. The second kappa shape index (κ2) is 6.38. The average Bonchev–Trinajstić information content (AvgIpc) is 2.77. The van der Waals surface area contributed by atoms with E-state index in [1.807, 2.05) is 0 Å². The van der Waals surface area contributed by atoms with Crippen molar-refractivity contribution in [3.8, 4) is 0 Å². The van der Waals surface area contributed by atoms with E-state index in [0.717, 1.165) is 24.4 Å². The van der Waals surface area contributed by atoms with Gasteiger partial charge < -0.3 is 9.72 Å². The fraction of sp³-hybridized carbons (Fsp3) is 0.571. The Morgan fingerprint density at radius 1 is 1.56 bits per heavy atom. The second-order valence-electron chi connectivity index (χ2n) is 4.84. The molecule has 4 nitrogen and oxygen atoms in total. The number of aromatic amines is 1. The quantitative estimate of drug-likeness (QED) is 0.621. The molecule has 18 heavy (non-hydrogen) atoms. The van der Waals surface area contributed by atoms with Gasteiger partial charge in [-0.15, -0.1) is 0 Å². The van der Waals surface area contributed by atoms with E-state index in [4.69, 9.17) is 4.74 Å². The maximum atomic E-state index is 11.6. The summed E-state index contributed by atoms with van der Waals surface area (Å²) >= 11 is 0. The van der Waals surface area contributed by atoms with Gasteiger partial charge in [-0.3, -0.25) is 0 Å². The van der Waals surface area contributed by atoms with Crippen molar-refractivity contribution in [3.05, 3.63) is 29.9 Å². The Kier molecular flexibility index (Phi) is 5.13. The monoisotopic (exact) mass is 250 g/mol. The van der Waals surface area contributed by atoms with Crippen LogP contribution < -0.4 is 0 Å². The third-order valence-corrected chi connectivity index (χ3v) is 2.66. The number of H-pyrrole nitrogens is 1. The van der Waals surface area contributed by atoms with Gasteiger partial charge >= 0.3 is 5.97 Å². The van der Waals surface area contributed by atoms with E-state index in [2.05, 4.69) is 37.3 Å². The number of rotatable bonds is 6. The Morgan fingerprint density at radius 3 is 2.67 bits per heavy atom. The molecule has 0 saturated carbocycles. The number of hydrogen-bond donors (Lipinski definition) is 1. The fourth-order valence-electron chi connectivity index (χ4n) is 1.58. The molecule has 0 aliphatic rings. The summed E-state index contributed by atoms with van der Waals surface area (Å²) in [4.78, 5) is 19.1. The van der Waals surface area contributed by atoms with Crippen molar-refractivity contribution in [3.63, 3.8) is 0 Å². The Balaban J connectivity index is 2.83. The van der Waals surface area contributed by atoms with Gasteiger partial charge in [0.2, 0.25) is 0 Å². The average molecular weight is 250 g/mol. The third kappa shape index (κ3) is 3.72. The highest BCUT2D eigenvalue weighted by atomic mass is 16.5. The van der Waals surface area contributed by atoms with Crippen molar-refractivity contribution in [2.45, 2.75) is 52.6 Å². The maximum Gasteiger partial charge on any atom is 0.333 e. The minimum Gasteiger partial charge on any atom is -0.453 e. The molecule has 0 saturated heterocycles. The topological polar surface area (TPSA) is 55.0 Å². The van der Waals surface area contributed by atoms with Crippen molar-refractivity contribution >= 4 is 5.97 Å². The number of aromatic nitrogens is 2. The summed E-state index contributed by atoms with van der Waals surface area (Å²) in [6.07, 6.45) is 3.20. The highest BCUT2D eigenvalue weighted by Gasteiger charge is 2.19. The Labute approximate surface area is 108 Å². The van der Waals surface area contributed by atoms with E-state index in [1.165, 1.54) is 0 Å². The van der Waals surface area contributed by atoms with E-state index in [0.29, 0.717) is 11.5 Å². The van der Waals surface area contributed by atoms with Gasteiger partial charge in [0.25, 0.3) is 0 Å². The standard InChI is InChI=1S/C14H22N2O2/c1-6-7-12(18-14(17)10(4)5)11-8-15-13(16-11)9(2)3/h8-9,12H,4,6-7H2,1-3,5H3,(H,15,16). The minimum atomic E-state index is -0.353. The molecule has 4 heteroatoms. The molecule has 0 aliphatic heterocycles. The van der Waals surface area contributed by atoms with Gasteiger partial charge in [0, 0.05) is 11.5 Å². The molecular weight excluding hydrogens is 228 g/mol. The molecule has 1 N–H and O–H groups in total. The van der Waals surface area contributed by atoms with E-state index < -0.39 is 0 Å². The molecule has 0 radical (unpaired) electrons. The van der Waals surface area contributed by atoms with Crippen LogP contribution in [0.4, 0.5) is 0 Å². The number of imidazole rings is 1. The zero-order valence-corrected chi connectivity index (χ0v) is 11.6. The van der Waals surface area contributed by atoms with E-state index in [-0.39, 0.29) is 12.1 Å². The van der Waals surface area contributed by atoms with E-state index in [1.54, 1.807) is 13.1 Å². The van der Waals surface area contributed by atoms with Crippen LogP contribution in [0.1, 0.15) is 64.1 Å². The van der Waals surface area contributed by atoms with Crippen LogP contribution in [-0.4, -0.2) is 15.9 Å². The normalized spacial score (nSPS) is 12.5. The van der Waals surface area contributed by atoms with Gasteiger partial charge in [0.15, 0.2) is 0 Å². The molecule has 0 aliphatic carbocycles. The van der Waals surface area contributed by atoms with Gasteiger partial charge in [0.05, 0.1) is 11.9 Å². The number of esters is 1. The van der Waals surface area contributed by atoms with Gasteiger partial charge in [-0.05, 0) is 13.3 Å². The number of ether oxygens (including phenoxy) is 1. The summed E-state index contributed by atoms with van der Waals surface area (Å²) in [5.41, 5.74) is 1.27. The number of carbonyl (C=O) groups is 1. The van der Waals surface area contributed by atoms with Crippen LogP contribution in [0.15, 0.2) is 18.3 Å². The first-order chi connectivity index (χ1) is 8.45. The van der Waals surface area contributed by atoms with Crippen molar-refractivity contribution in [1.29, 1.82) is 0 Å². The van der Waals surface area contributed by atoms with Gasteiger partial charge in [-0.25, -0.2) is 9.78 Å². The lowest BCUT2D eigenvalue weighted by molar-refractivity contribution is -0.145. The predicted octanol–water partition coefficient (Wildman–Crippen LogP) is 3.49. The van der Waals surface area contributed by atoms with E-state index >= 15 is 0 Å². The summed E-state index contributed by atoms with van der Waals surface area (Å²) in [7, 11) is 0. The molecule has 1 rings (SSSR count). The van der Waals surface area contributed by atoms with Crippen LogP contribution in [0.25, 0.3) is 0 Å². The van der Waals surface area contributed by atoms with Crippen LogP contribution in [0, 0.1) is 0 Å². The molecule has 1 aromatic heterocycles. The van der Waals surface area contributed by atoms with Crippen molar-refractivity contribution < 1.29 is 9.53 Å². The summed E-state index contributed by atoms with van der Waals surface area (Å²) in [6, 6.07) is 0. The zero-order chi connectivity index (χ0) is 13.7. The molecule has 1 unspecified atom stereocenters. The molecule has 0 bridgehead atoms. The third-order valence-electron chi connectivity index (χ3n) is 2.66. The first-order valence-corrected chi connectivity index (χ1v) is 6.37. The number of nitrogens with one attached hydrogen (secondary N) is 1. The largest absolute Gasteiger partial charge is 0.453 e. The van der Waals surface area contributed by atoms with Crippen LogP contribution in [-0.2, 0) is 9.53 Å². The minimum absolute atomic E-state index is 0.265. The molecule has 100 valence electrons. The number of hydrogen-bond acceptors (Lipinski definition) is 3. The molecule has 0 aromatic carbocycles. The smallest absolute Gasteiger partial charge is 0.333 e. The first kappa shape index (κ1) is 14.5. The lowest BCUT2D eigenvalue weighted by Crippen LogP contribution is -2.12. The number of nitrogens with zero attached hydrogens (tertiary/aromatic N) is 1. The van der Waals surface area contributed by atoms with Crippen molar-refractivity contribution in [2.75, 3.05) is 0 Å². The predicted molar refractivity (Wildman–Crippen MR) is 71.2 cm³/mol. The van der Waals surface area contributed by atoms with Crippen LogP contribution in [0.5, 0.6) is 0 Å². The molecule has 1 atom stereocenters. The summed E-state index contributed by atoms with van der Waals surface area (Å²) < 4.78 is 5.42. The van der Waals surface area contributed by atoms with E-state index in [9.17, 15) is 4.79 Å². The second-order valence-corrected chi connectivity index (χ2v) is 4.84. The Bertz CT molecular complexity index is 421. The van der Waals surface area contributed by atoms with Crippen LogP contribution in [0.2, 0.25) is 0 Å². The highest BCUT2D eigenvalue weighted by molar-refractivity contribution is 5.87. The lowest BCUT2D eigenvalue weighted by atomic mass is 10.1. The SMILES string of the molecule is C=C(C)C(=O)OC(CCC)c1cnc(C(C)C)[nH]1. The van der Waals surface area contributed by atoms with Gasteiger partial charge in [-0.2, -0.15) is 0 Å². The molecule has 0 amide bonds.